The molecule has 2 aliphatic rings. The van der Waals surface area contributed by atoms with Crippen molar-refractivity contribution >= 4 is 5.71 Å². The third-order valence-electron chi connectivity index (χ3n) is 3.21. The first kappa shape index (κ1) is 8.04. The largest absolute Gasteiger partial charge is 0.389 e. The fraction of sp³-hybridized carbons (Fsp3) is 0.417. The fourth-order valence-electron chi connectivity index (χ4n) is 2.15. The highest BCUT2D eigenvalue weighted by Crippen LogP contribution is 2.43. The molecule has 2 nitrogen and oxygen atoms in total. The van der Waals surface area contributed by atoms with Gasteiger partial charge in [-0.2, -0.15) is 0 Å². The molecule has 0 bridgehead atoms. The van der Waals surface area contributed by atoms with Crippen molar-refractivity contribution in [2.75, 3.05) is 0 Å². The maximum Gasteiger partial charge on any atom is 0.143 e. The van der Waals surface area contributed by atoms with Gasteiger partial charge in [-0.15, -0.1) is 0 Å². The van der Waals surface area contributed by atoms with Gasteiger partial charge in [-0.1, -0.05) is 35.5 Å². The van der Waals surface area contributed by atoms with Crippen LogP contribution in [0.5, 0.6) is 0 Å². The molecule has 1 saturated carbocycles. The first-order valence-electron chi connectivity index (χ1n) is 5.19. The van der Waals surface area contributed by atoms with E-state index in [1.165, 1.54) is 24.8 Å². The van der Waals surface area contributed by atoms with Gasteiger partial charge in [0.15, 0.2) is 0 Å². The Labute approximate surface area is 83.6 Å². The molecule has 14 heavy (non-hydrogen) atoms. The summed E-state index contributed by atoms with van der Waals surface area (Å²) in [6.45, 7) is 0. The lowest BCUT2D eigenvalue weighted by atomic mass is 9.76. The highest BCUT2D eigenvalue weighted by molar-refractivity contribution is 6.01. The summed E-state index contributed by atoms with van der Waals surface area (Å²) >= 11 is 0. The number of nitrogens with zero attached hydrogens (tertiary/aromatic N) is 1. The Bertz CT molecular complexity index is 365. The summed E-state index contributed by atoms with van der Waals surface area (Å²) in [6.07, 6.45) is 4.63. The molecule has 3 rings (SSSR count). The lowest BCUT2D eigenvalue weighted by molar-refractivity contribution is -0.0755. The molecular formula is C12H13NO. The Morgan fingerprint density at radius 1 is 1.14 bits per heavy atom. The summed E-state index contributed by atoms with van der Waals surface area (Å²) in [5.74, 6) is 0. The molecule has 0 N–H and O–H groups in total. The Balaban J connectivity index is 1.82. The van der Waals surface area contributed by atoms with Crippen molar-refractivity contribution in [1.29, 1.82) is 0 Å². The van der Waals surface area contributed by atoms with Crippen LogP contribution in [0.3, 0.4) is 0 Å². The highest BCUT2D eigenvalue weighted by Gasteiger charge is 2.44. The average Bonchev–Trinajstić information content (AvgIpc) is 2.63. The number of benzene rings is 1. The van der Waals surface area contributed by atoms with Crippen LogP contribution in [0.1, 0.15) is 31.2 Å². The number of oxime groups is 1. The van der Waals surface area contributed by atoms with E-state index in [1.54, 1.807) is 0 Å². The molecule has 0 atom stereocenters. The van der Waals surface area contributed by atoms with Crippen molar-refractivity contribution in [1.82, 2.24) is 0 Å². The summed E-state index contributed by atoms with van der Waals surface area (Å²) < 4.78 is 0. The number of hydrogen-bond donors (Lipinski definition) is 0. The second-order valence-electron chi connectivity index (χ2n) is 4.21. The zero-order valence-electron chi connectivity index (χ0n) is 8.07. The molecule has 1 aromatic carbocycles. The minimum Gasteiger partial charge on any atom is -0.389 e. The molecule has 1 fully saturated rings. The van der Waals surface area contributed by atoms with E-state index in [9.17, 15) is 0 Å². The van der Waals surface area contributed by atoms with Gasteiger partial charge in [0.1, 0.15) is 5.60 Å². The summed E-state index contributed by atoms with van der Waals surface area (Å²) in [6, 6.07) is 10.3. The molecule has 1 spiro atoms. The zero-order valence-corrected chi connectivity index (χ0v) is 8.07. The second kappa shape index (κ2) is 2.84. The van der Waals surface area contributed by atoms with E-state index in [0.29, 0.717) is 0 Å². The number of rotatable bonds is 1. The Morgan fingerprint density at radius 2 is 1.93 bits per heavy atom. The van der Waals surface area contributed by atoms with Crippen LogP contribution in [0.2, 0.25) is 0 Å². The molecular weight excluding hydrogens is 174 g/mol. The smallest absolute Gasteiger partial charge is 0.143 e. The predicted molar refractivity (Wildman–Crippen MR) is 55.3 cm³/mol. The van der Waals surface area contributed by atoms with E-state index in [2.05, 4.69) is 17.3 Å². The van der Waals surface area contributed by atoms with Crippen LogP contribution in [0.15, 0.2) is 35.5 Å². The van der Waals surface area contributed by atoms with Gasteiger partial charge in [-0.05, 0) is 24.8 Å². The van der Waals surface area contributed by atoms with Crippen LogP contribution < -0.4 is 0 Å². The maximum atomic E-state index is 5.53. The standard InChI is InChI=1S/C12H13NO/c1-2-5-10(6-3-1)11-9-12(14-13-11)7-4-8-12/h1-3,5-6H,4,7-9H2. The van der Waals surface area contributed by atoms with E-state index >= 15 is 0 Å². The summed E-state index contributed by atoms with van der Waals surface area (Å²) in [4.78, 5) is 5.53. The van der Waals surface area contributed by atoms with E-state index in [1.807, 2.05) is 18.2 Å². The highest BCUT2D eigenvalue weighted by atomic mass is 16.7. The Kier molecular flexibility index (Phi) is 1.63. The van der Waals surface area contributed by atoms with Gasteiger partial charge < -0.3 is 4.84 Å². The quantitative estimate of drug-likeness (QED) is 0.662. The molecule has 1 aliphatic heterocycles. The van der Waals surface area contributed by atoms with Gasteiger partial charge in [-0.25, -0.2) is 0 Å². The van der Waals surface area contributed by atoms with Gasteiger partial charge in [-0.3, -0.25) is 0 Å². The van der Waals surface area contributed by atoms with Crippen molar-refractivity contribution in [3.63, 3.8) is 0 Å². The van der Waals surface area contributed by atoms with Gasteiger partial charge in [0, 0.05) is 6.42 Å². The first-order valence-corrected chi connectivity index (χ1v) is 5.19. The van der Waals surface area contributed by atoms with Gasteiger partial charge >= 0.3 is 0 Å². The lowest BCUT2D eigenvalue weighted by Crippen LogP contribution is -2.36. The molecule has 0 amide bonds. The molecule has 0 radical (unpaired) electrons. The molecule has 1 aliphatic carbocycles. The number of hydrogen-bond acceptors (Lipinski definition) is 2. The van der Waals surface area contributed by atoms with Crippen molar-refractivity contribution in [3.8, 4) is 0 Å². The average molecular weight is 187 g/mol. The van der Waals surface area contributed by atoms with Gasteiger partial charge in [0.05, 0.1) is 5.71 Å². The summed E-state index contributed by atoms with van der Waals surface area (Å²) in [5, 5.41) is 4.20. The van der Waals surface area contributed by atoms with E-state index in [0.717, 1.165) is 12.1 Å². The Hall–Kier alpha value is -1.31. The fourth-order valence-corrected chi connectivity index (χ4v) is 2.15. The van der Waals surface area contributed by atoms with Crippen molar-refractivity contribution in [2.45, 2.75) is 31.3 Å². The van der Waals surface area contributed by atoms with Crippen LogP contribution in [-0.4, -0.2) is 11.3 Å². The molecule has 72 valence electrons. The predicted octanol–water partition coefficient (Wildman–Crippen LogP) is 2.73. The van der Waals surface area contributed by atoms with Crippen molar-refractivity contribution in [3.05, 3.63) is 35.9 Å². The topological polar surface area (TPSA) is 21.6 Å². The summed E-state index contributed by atoms with van der Waals surface area (Å²) in [5.41, 5.74) is 2.41. The lowest BCUT2D eigenvalue weighted by Gasteiger charge is -2.34. The van der Waals surface area contributed by atoms with Gasteiger partial charge in [0.2, 0.25) is 0 Å². The minimum absolute atomic E-state index is 0.0885. The molecule has 0 aromatic heterocycles. The molecule has 0 saturated heterocycles. The molecule has 1 aromatic rings. The maximum absolute atomic E-state index is 5.53. The van der Waals surface area contributed by atoms with Crippen LogP contribution in [0.25, 0.3) is 0 Å². The monoisotopic (exact) mass is 187 g/mol. The SMILES string of the molecule is c1ccc(C2=NOC3(CCC3)C2)cc1. The molecule has 2 heteroatoms. The van der Waals surface area contributed by atoms with E-state index in [-0.39, 0.29) is 5.60 Å². The van der Waals surface area contributed by atoms with Crippen LogP contribution >= 0.6 is 0 Å². The first-order chi connectivity index (χ1) is 6.88. The van der Waals surface area contributed by atoms with Gasteiger partial charge in [0.25, 0.3) is 0 Å². The van der Waals surface area contributed by atoms with Crippen molar-refractivity contribution in [2.24, 2.45) is 5.16 Å². The second-order valence-corrected chi connectivity index (χ2v) is 4.21. The third kappa shape index (κ3) is 1.14. The third-order valence-corrected chi connectivity index (χ3v) is 3.21. The molecule has 1 heterocycles. The van der Waals surface area contributed by atoms with Crippen molar-refractivity contribution < 1.29 is 4.84 Å². The van der Waals surface area contributed by atoms with Crippen LogP contribution in [0.4, 0.5) is 0 Å². The normalized spacial score (nSPS) is 22.7. The molecule has 0 unspecified atom stereocenters. The Morgan fingerprint density at radius 3 is 2.50 bits per heavy atom. The zero-order chi connectivity index (χ0) is 9.43. The van der Waals surface area contributed by atoms with E-state index in [4.69, 9.17) is 4.84 Å². The van der Waals surface area contributed by atoms with Crippen LogP contribution in [0, 0.1) is 0 Å². The summed E-state index contributed by atoms with van der Waals surface area (Å²) in [7, 11) is 0. The van der Waals surface area contributed by atoms with E-state index < -0.39 is 0 Å². The minimum atomic E-state index is 0.0885. The van der Waals surface area contributed by atoms with Crippen LogP contribution in [-0.2, 0) is 4.84 Å².